The molecule has 0 aliphatic heterocycles. The van der Waals surface area contributed by atoms with E-state index in [1.165, 1.54) is 12.1 Å². The predicted molar refractivity (Wildman–Crippen MR) is 63.5 cm³/mol. The van der Waals surface area contributed by atoms with Crippen molar-refractivity contribution in [3.05, 3.63) is 29.8 Å². The Bertz CT molecular complexity index is 396. The minimum atomic E-state index is -0.443. The number of aromatic nitrogens is 1. The number of halogens is 2. The lowest BCUT2D eigenvalue weighted by Gasteiger charge is -2.18. The van der Waals surface area contributed by atoms with E-state index in [2.05, 4.69) is 10.3 Å². The number of rotatable bonds is 3. The average molecular weight is 257 g/mol. The van der Waals surface area contributed by atoms with E-state index in [0.717, 1.165) is 25.5 Å². The molecule has 1 N–H and O–H groups in total. The zero-order valence-corrected chi connectivity index (χ0v) is 10.1. The molecule has 0 saturated heterocycles. The first-order chi connectivity index (χ1) is 8.20. The van der Waals surface area contributed by atoms with Crippen molar-refractivity contribution < 1.29 is 9.18 Å². The molecule has 1 aliphatic rings. The van der Waals surface area contributed by atoms with Gasteiger partial charge in [0.1, 0.15) is 11.5 Å². The molecule has 1 saturated carbocycles. The number of pyridine rings is 1. The van der Waals surface area contributed by atoms with Crippen LogP contribution in [0.15, 0.2) is 18.3 Å². The summed E-state index contributed by atoms with van der Waals surface area (Å²) in [7, 11) is 0. The first kappa shape index (κ1) is 12.3. The van der Waals surface area contributed by atoms with Crippen molar-refractivity contribution in [1.29, 1.82) is 0 Å². The summed E-state index contributed by atoms with van der Waals surface area (Å²) in [6.45, 7) is 0. The van der Waals surface area contributed by atoms with Crippen LogP contribution in [0.5, 0.6) is 0 Å². The highest BCUT2D eigenvalue weighted by molar-refractivity contribution is 6.18. The van der Waals surface area contributed by atoms with Gasteiger partial charge in [-0.3, -0.25) is 4.79 Å². The van der Waals surface area contributed by atoms with E-state index in [1.54, 1.807) is 0 Å². The molecule has 1 heterocycles. The van der Waals surface area contributed by atoms with E-state index < -0.39 is 5.82 Å². The molecule has 1 amide bonds. The average Bonchev–Trinajstić information content (AvgIpc) is 2.77. The summed E-state index contributed by atoms with van der Waals surface area (Å²) in [5.41, 5.74) is 0.242. The Morgan fingerprint density at radius 2 is 2.35 bits per heavy atom. The molecular formula is C12H14ClFN2O. The van der Waals surface area contributed by atoms with Crippen LogP contribution in [0, 0.1) is 11.7 Å². The van der Waals surface area contributed by atoms with Gasteiger partial charge in [0.2, 0.25) is 0 Å². The summed E-state index contributed by atoms with van der Waals surface area (Å²) in [4.78, 5) is 15.6. The normalized spacial score (nSPS) is 23.6. The van der Waals surface area contributed by atoms with E-state index in [4.69, 9.17) is 11.6 Å². The summed E-state index contributed by atoms with van der Waals surface area (Å²) >= 11 is 5.84. The molecule has 1 aromatic rings. The molecule has 1 aliphatic carbocycles. The van der Waals surface area contributed by atoms with Crippen molar-refractivity contribution in [2.45, 2.75) is 25.3 Å². The topological polar surface area (TPSA) is 42.0 Å². The number of amides is 1. The highest BCUT2D eigenvalue weighted by atomic mass is 35.5. The van der Waals surface area contributed by atoms with Crippen LogP contribution in [0.3, 0.4) is 0 Å². The highest BCUT2D eigenvalue weighted by Gasteiger charge is 2.28. The maximum Gasteiger partial charge on any atom is 0.270 e. The molecule has 1 aromatic heterocycles. The third kappa shape index (κ3) is 2.94. The third-order valence-corrected chi connectivity index (χ3v) is 3.53. The van der Waals surface area contributed by atoms with Gasteiger partial charge >= 0.3 is 0 Å². The Balaban J connectivity index is 1.99. The highest BCUT2D eigenvalue weighted by Crippen LogP contribution is 2.26. The van der Waals surface area contributed by atoms with Gasteiger partial charge in [-0.2, -0.15) is 0 Å². The zero-order chi connectivity index (χ0) is 12.3. The SMILES string of the molecule is O=C(NC1CCCC1CCl)c1ccc(F)cn1. The van der Waals surface area contributed by atoms with Crippen molar-refractivity contribution >= 4 is 17.5 Å². The zero-order valence-electron chi connectivity index (χ0n) is 9.33. The second-order valence-electron chi connectivity index (χ2n) is 4.29. The number of carbonyl (C=O) groups is 1. The Morgan fingerprint density at radius 3 is 3.00 bits per heavy atom. The lowest BCUT2D eigenvalue weighted by molar-refractivity contribution is 0.0925. The van der Waals surface area contributed by atoms with Gasteiger partial charge < -0.3 is 5.32 Å². The molecule has 0 aromatic carbocycles. The Hall–Kier alpha value is -1.16. The first-order valence-corrected chi connectivity index (χ1v) is 6.22. The van der Waals surface area contributed by atoms with Crippen LogP contribution in [0.4, 0.5) is 4.39 Å². The quantitative estimate of drug-likeness (QED) is 0.844. The Labute approximate surface area is 104 Å². The van der Waals surface area contributed by atoms with Crippen LogP contribution in [0.2, 0.25) is 0 Å². The first-order valence-electron chi connectivity index (χ1n) is 5.69. The standard InChI is InChI=1S/C12H14ClFN2O/c13-6-8-2-1-3-10(8)16-12(17)11-5-4-9(14)7-15-11/h4-5,7-8,10H,1-3,6H2,(H,16,17). The maximum atomic E-state index is 12.7. The summed E-state index contributed by atoms with van der Waals surface area (Å²) in [6.07, 6.45) is 4.12. The van der Waals surface area contributed by atoms with Gasteiger partial charge in [-0.1, -0.05) is 6.42 Å². The number of alkyl halides is 1. The molecule has 2 unspecified atom stereocenters. The predicted octanol–water partition coefficient (Wildman–Crippen LogP) is 2.36. The van der Waals surface area contributed by atoms with Crippen molar-refractivity contribution in [3.63, 3.8) is 0 Å². The van der Waals surface area contributed by atoms with Crippen LogP contribution < -0.4 is 5.32 Å². The van der Waals surface area contributed by atoms with E-state index in [9.17, 15) is 9.18 Å². The molecule has 0 spiro atoms. The Morgan fingerprint density at radius 1 is 1.53 bits per heavy atom. The van der Waals surface area contributed by atoms with Gasteiger partial charge in [0, 0.05) is 11.9 Å². The maximum absolute atomic E-state index is 12.7. The fraction of sp³-hybridized carbons (Fsp3) is 0.500. The molecule has 2 atom stereocenters. The minimum absolute atomic E-state index is 0.117. The van der Waals surface area contributed by atoms with E-state index in [0.29, 0.717) is 11.8 Å². The van der Waals surface area contributed by atoms with E-state index >= 15 is 0 Å². The van der Waals surface area contributed by atoms with Gasteiger partial charge in [0.05, 0.1) is 6.20 Å². The molecule has 92 valence electrons. The summed E-state index contributed by atoms with van der Waals surface area (Å²) in [6, 6.07) is 2.73. The van der Waals surface area contributed by atoms with Gasteiger partial charge in [-0.15, -0.1) is 11.6 Å². The molecule has 2 rings (SSSR count). The number of hydrogen-bond acceptors (Lipinski definition) is 2. The third-order valence-electron chi connectivity index (χ3n) is 3.13. The van der Waals surface area contributed by atoms with Crippen LogP contribution in [-0.4, -0.2) is 22.8 Å². The van der Waals surface area contributed by atoms with Crippen molar-refractivity contribution in [2.24, 2.45) is 5.92 Å². The van der Waals surface area contributed by atoms with Crippen molar-refractivity contribution in [1.82, 2.24) is 10.3 Å². The smallest absolute Gasteiger partial charge is 0.270 e. The lowest BCUT2D eigenvalue weighted by atomic mass is 10.1. The number of hydrogen-bond donors (Lipinski definition) is 1. The van der Waals surface area contributed by atoms with Crippen LogP contribution >= 0.6 is 11.6 Å². The van der Waals surface area contributed by atoms with Crippen molar-refractivity contribution in [2.75, 3.05) is 5.88 Å². The van der Waals surface area contributed by atoms with Gasteiger partial charge in [-0.05, 0) is 30.9 Å². The molecule has 3 nitrogen and oxygen atoms in total. The lowest BCUT2D eigenvalue weighted by Crippen LogP contribution is -2.38. The fourth-order valence-corrected chi connectivity index (χ4v) is 2.53. The van der Waals surface area contributed by atoms with E-state index in [1.807, 2.05) is 0 Å². The fourth-order valence-electron chi connectivity index (χ4n) is 2.16. The summed E-state index contributed by atoms with van der Waals surface area (Å²) in [5.74, 6) is 0.191. The molecular weight excluding hydrogens is 243 g/mol. The monoisotopic (exact) mass is 256 g/mol. The number of carbonyl (C=O) groups excluding carboxylic acids is 1. The van der Waals surface area contributed by atoms with Gasteiger partial charge in [0.15, 0.2) is 0 Å². The number of nitrogens with one attached hydrogen (secondary N) is 1. The van der Waals surface area contributed by atoms with Crippen LogP contribution in [0.1, 0.15) is 29.8 Å². The number of nitrogens with zero attached hydrogens (tertiary/aromatic N) is 1. The second kappa shape index (κ2) is 5.45. The molecule has 0 radical (unpaired) electrons. The molecule has 5 heteroatoms. The van der Waals surface area contributed by atoms with Crippen LogP contribution in [0.25, 0.3) is 0 Å². The Kier molecular flexibility index (Phi) is 3.94. The summed E-state index contributed by atoms with van der Waals surface area (Å²) < 4.78 is 12.7. The van der Waals surface area contributed by atoms with E-state index in [-0.39, 0.29) is 17.6 Å². The summed E-state index contributed by atoms with van der Waals surface area (Å²) in [5, 5.41) is 2.91. The van der Waals surface area contributed by atoms with Crippen molar-refractivity contribution in [3.8, 4) is 0 Å². The molecule has 17 heavy (non-hydrogen) atoms. The minimum Gasteiger partial charge on any atom is -0.348 e. The molecule has 1 fully saturated rings. The van der Waals surface area contributed by atoms with Gasteiger partial charge in [0.25, 0.3) is 5.91 Å². The largest absolute Gasteiger partial charge is 0.348 e. The second-order valence-corrected chi connectivity index (χ2v) is 4.60. The molecule has 0 bridgehead atoms. The van der Waals surface area contributed by atoms with Gasteiger partial charge in [-0.25, -0.2) is 9.37 Å². The van der Waals surface area contributed by atoms with Crippen LogP contribution in [-0.2, 0) is 0 Å².